The van der Waals surface area contributed by atoms with E-state index in [-0.39, 0.29) is 23.8 Å². The highest BCUT2D eigenvalue weighted by Crippen LogP contribution is 2.26. The van der Waals surface area contributed by atoms with E-state index in [1.165, 1.54) is 26.2 Å². The Kier molecular flexibility index (Phi) is 9.93. The number of rotatable bonds is 12. The van der Waals surface area contributed by atoms with Gasteiger partial charge in [0.25, 0.3) is 0 Å². The molecular formula is C28H42N4O4. The first-order valence-electron chi connectivity index (χ1n) is 13.3. The molecule has 0 saturated heterocycles. The highest BCUT2D eigenvalue weighted by molar-refractivity contribution is 5.91. The fourth-order valence-corrected chi connectivity index (χ4v) is 5.17. The minimum absolute atomic E-state index is 0.0524. The molecule has 8 nitrogen and oxygen atoms in total. The predicted molar refractivity (Wildman–Crippen MR) is 142 cm³/mol. The van der Waals surface area contributed by atoms with Crippen molar-refractivity contribution in [2.24, 2.45) is 11.8 Å². The van der Waals surface area contributed by atoms with Gasteiger partial charge >= 0.3 is 5.97 Å². The minimum atomic E-state index is -1.04. The Labute approximate surface area is 214 Å². The van der Waals surface area contributed by atoms with Crippen LogP contribution >= 0.6 is 0 Å². The molecule has 5 N–H and O–H groups in total. The summed E-state index contributed by atoms with van der Waals surface area (Å²) in [5.74, 6) is -0.925. The first kappa shape index (κ1) is 27.7. The molecule has 4 atom stereocenters. The number of amides is 2. The van der Waals surface area contributed by atoms with E-state index in [9.17, 15) is 19.5 Å². The molecule has 3 rings (SSSR count). The molecule has 0 aliphatic heterocycles. The van der Waals surface area contributed by atoms with Crippen LogP contribution in [0.2, 0.25) is 0 Å². The van der Waals surface area contributed by atoms with Crippen LogP contribution in [0.25, 0.3) is 10.9 Å². The standard InChI is InChI=1S/C28H42N4O4/c1-17(2)14-24(26(33)31-18(3)20-10-6-5-7-11-20)32-27(34)25(30-19(4)28(35)36)15-21-16-29-23-13-9-8-12-22(21)23/h8-9,12-13,16-20,24-25,29-30H,5-7,10-11,14-15H2,1-4H3,(H,31,33)(H,32,34)(H,35,36)/t18-,19?,24+,25+/m1/s1. The quantitative estimate of drug-likeness (QED) is 0.305. The summed E-state index contributed by atoms with van der Waals surface area (Å²) >= 11 is 0. The monoisotopic (exact) mass is 498 g/mol. The lowest BCUT2D eigenvalue weighted by atomic mass is 9.84. The van der Waals surface area contributed by atoms with Gasteiger partial charge in [0, 0.05) is 23.1 Å². The number of fused-ring (bicyclic) bond motifs is 1. The molecule has 1 saturated carbocycles. The van der Waals surface area contributed by atoms with E-state index < -0.39 is 24.1 Å². The molecule has 0 radical (unpaired) electrons. The second-order valence-corrected chi connectivity index (χ2v) is 10.7. The van der Waals surface area contributed by atoms with Gasteiger partial charge in [0.2, 0.25) is 11.8 Å². The molecule has 2 amide bonds. The van der Waals surface area contributed by atoms with Crippen molar-refractivity contribution in [2.75, 3.05) is 0 Å². The van der Waals surface area contributed by atoms with Crippen molar-refractivity contribution < 1.29 is 19.5 Å². The number of aliphatic carboxylic acids is 1. The van der Waals surface area contributed by atoms with Gasteiger partial charge in [-0.25, -0.2) is 0 Å². The van der Waals surface area contributed by atoms with Crippen molar-refractivity contribution >= 4 is 28.7 Å². The van der Waals surface area contributed by atoms with E-state index in [1.54, 1.807) is 0 Å². The molecule has 1 heterocycles. The lowest BCUT2D eigenvalue weighted by Gasteiger charge is -2.31. The zero-order valence-electron chi connectivity index (χ0n) is 22.0. The van der Waals surface area contributed by atoms with E-state index in [1.807, 2.05) is 44.3 Å². The summed E-state index contributed by atoms with van der Waals surface area (Å²) in [6, 6.07) is 5.42. The molecule has 1 aromatic heterocycles. The topological polar surface area (TPSA) is 123 Å². The van der Waals surface area contributed by atoms with Crippen molar-refractivity contribution in [1.29, 1.82) is 0 Å². The number of para-hydroxylation sites is 1. The van der Waals surface area contributed by atoms with Gasteiger partial charge in [0.1, 0.15) is 12.1 Å². The summed E-state index contributed by atoms with van der Waals surface area (Å²) in [5, 5.41) is 19.5. The third-order valence-electron chi connectivity index (χ3n) is 7.30. The maximum atomic E-state index is 13.5. The average Bonchev–Trinajstić information content (AvgIpc) is 3.26. The number of hydrogen-bond acceptors (Lipinski definition) is 4. The van der Waals surface area contributed by atoms with Gasteiger partial charge in [-0.15, -0.1) is 0 Å². The zero-order valence-corrected chi connectivity index (χ0v) is 22.0. The van der Waals surface area contributed by atoms with E-state index in [0.29, 0.717) is 18.8 Å². The second-order valence-electron chi connectivity index (χ2n) is 10.7. The SMILES string of the molecule is CC(C)C[C@H](NC(=O)[C@H](Cc1c[nH]c2ccccc12)NC(C)C(=O)O)C(=O)N[C@H](C)C1CCCCC1. The normalized spacial score (nSPS) is 17.9. The van der Waals surface area contributed by atoms with Crippen molar-refractivity contribution in [2.45, 2.75) is 96.8 Å². The average molecular weight is 499 g/mol. The second kappa shape index (κ2) is 12.9. The largest absolute Gasteiger partial charge is 0.480 e. The van der Waals surface area contributed by atoms with Crippen LogP contribution in [0.1, 0.15) is 71.8 Å². The number of benzene rings is 1. The Balaban J connectivity index is 1.75. The molecule has 2 aromatic rings. The number of H-pyrrole nitrogens is 1. The Morgan fingerprint density at radius 2 is 1.64 bits per heavy atom. The molecule has 198 valence electrons. The highest BCUT2D eigenvalue weighted by Gasteiger charge is 2.31. The van der Waals surface area contributed by atoms with Crippen LogP contribution in [0, 0.1) is 11.8 Å². The van der Waals surface area contributed by atoms with Crippen LogP contribution in [0.15, 0.2) is 30.5 Å². The van der Waals surface area contributed by atoms with Crippen LogP contribution < -0.4 is 16.0 Å². The number of nitrogens with one attached hydrogen (secondary N) is 4. The number of aromatic amines is 1. The Bertz CT molecular complexity index is 1030. The van der Waals surface area contributed by atoms with Gasteiger partial charge in [0.15, 0.2) is 0 Å². The summed E-state index contributed by atoms with van der Waals surface area (Å²) in [5.41, 5.74) is 1.86. The summed E-state index contributed by atoms with van der Waals surface area (Å²) in [6.07, 6.45) is 8.52. The van der Waals surface area contributed by atoms with Crippen molar-refractivity contribution in [3.63, 3.8) is 0 Å². The summed E-state index contributed by atoms with van der Waals surface area (Å²) < 4.78 is 0. The van der Waals surface area contributed by atoms with E-state index in [0.717, 1.165) is 29.3 Å². The number of hydrogen-bond donors (Lipinski definition) is 5. The van der Waals surface area contributed by atoms with E-state index in [2.05, 4.69) is 27.9 Å². The molecular weight excluding hydrogens is 456 g/mol. The predicted octanol–water partition coefficient (Wildman–Crippen LogP) is 3.76. The number of carbonyl (C=O) groups is 3. The fourth-order valence-electron chi connectivity index (χ4n) is 5.17. The highest BCUT2D eigenvalue weighted by atomic mass is 16.4. The van der Waals surface area contributed by atoms with Gasteiger partial charge in [-0.1, -0.05) is 51.3 Å². The van der Waals surface area contributed by atoms with Crippen LogP contribution in [-0.2, 0) is 20.8 Å². The first-order chi connectivity index (χ1) is 17.2. The first-order valence-corrected chi connectivity index (χ1v) is 13.3. The third-order valence-corrected chi connectivity index (χ3v) is 7.30. The molecule has 1 aliphatic rings. The van der Waals surface area contributed by atoms with Gasteiger partial charge < -0.3 is 20.7 Å². The molecule has 8 heteroatoms. The van der Waals surface area contributed by atoms with Crippen LogP contribution in [0.3, 0.4) is 0 Å². The van der Waals surface area contributed by atoms with Crippen molar-refractivity contribution in [3.05, 3.63) is 36.0 Å². The van der Waals surface area contributed by atoms with Gasteiger partial charge in [0.05, 0.1) is 6.04 Å². The van der Waals surface area contributed by atoms with Gasteiger partial charge in [-0.3, -0.25) is 19.7 Å². The third kappa shape index (κ3) is 7.56. The number of carboxylic acids is 1. The Morgan fingerprint density at radius 1 is 0.972 bits per heavy atom. The van der Waals surface area contributed by atoms with E-state index >= 15 is 0 Å². The molecule has 1 aromatic carbocycles. The smallest absolute Gasteiger partial charge is 0.320 e. The zero-order chi connectivity index (χ0) is 26.2. The molecule has 1 aliphatic carbocycles. The lowest BCUT2D eigenvalue weighted by Crippen LogP contribution is -2.57. The lowest BCUT2D eigenvalue weighted by molar-refractivity contribution is -0.139. The Hall–Kier alpha value is -2.87. The molecule has 1 unspecified atom stereocenters. The summed E-state index contributed by atoms with van der Waals surface area (Å²) in [6.45, 7) is 7.61. The van der Waals surface area contributed by atoms with Crippen LogP contribution in [0.4, 0.5) is 0 Å². The fraction of sp³-hybridized carbons (Fsp3) is 0.607. The maximum absolute atomic E-state index is 13.5. The Morgan fingerprint density at radius 3 is 2.31 bits per heavy atom. The van der Waals surface area contributed by atoms with Gasteiger partial charge in [-0.05, 0) is 63.0 Å². The minimum Gasteiger partial charge on any atom is -0.480 e. The number of carboxylic acid groups (broad SMARTS) is 1. The number of carbonyl (C=O) groups excluding carboxylic acids is 2. The maximum Gasteiger partial charge on any atom is 0.320 e. The molecule has 0 spiro atoms. The van der Waals surface area contributed by atoms with Crippen LogP contribution in [-0.4, -0.2) is 52.0 Å². The molecule has 0 bridgehead atoms. The molecule has 36 heavy (non-hydrogen) atoms. The van der Waals surface area contributed by atoms with Crippen LogP contribution in [0.5, 0.6) is 0 Å². The van der Waals surface area contributed by atoms with Crippen molar-refractivity contribution in [3.8, 4) is 0 Å². The summed E-state index contributed by atoms with van der Waals surface area (Å²) in [7, 11) is 0. The van der Waals surface area contributed by atoms with Gasteiger partial charge in [-0.2, -0.15) is 0 Å². The summed E-state index contributed by atoms with van der Waals surface area (Å²) in [4.78, 5) is 41.5. The van der Waals surface area contributed by atoms with E-state index in [4.69, 9.17) is 0 Å². The van der Waals surface area contributed by atoms with Crippen molar-refractivity contribution in [1.82, 2.24) is 20.9 Å². The number of aromatic nitrogens is 1. The molecule has 1 fully saturated rings.